The van der Waals surface area contributed by atoms with Crippen molar-refractivity contribution in [2.45, 2.75) is 38.7 Å². The highest BCUT2D eigenvalue weighted by Gasteiger charge is 2.33. The molecule has 0 aromatic heterocycles. The van der Waals surface area contributed by atoms with Crippen molar-refractivity contribution in [3.8, 4) is 5.75 Å². The van der Waals surface area contributed by atoms with Gasteiger partial charge < -0.3 is 9.84 Å². The van der Waals surface area contributed by atoms with Crippen LogP contribution in [-0.2, 0) is 5.60 Å². The van der Waals surface area contributed by atoms with Crippen LogP contribution in [0, 0.1) is 0 Å². The first-order valence-corrected chi connectivity index (χ1v) is 7.72. The molecule has 0 fully saturated rings. The number of aliphatic hydroxyl groups is 1. The largest absolute Gasteiger partial charge is 0.493 e. The molecular weight excluding hydrogens is 260 g/mol. The summed E-state index contributed by atoms with van der Waals surface area (Å²) in [6.07, 6.45) is 2.52. The molecule has 0 saturated carbocycles. The lowest BCUT2D eigenvalue weighted by molar-refractivity contribution is 0.0666. The minimum absolute atomic E-state index is 0.661. The maximum atomic E-state index is 11.4. The van der Waals surface area contributed by atoms with Crippen molar-refractivity contribution in [3.05, 3.63) is 65.7 Å². The topological polar surface area (TPSA) is 29.5 Å². The molecule has 1 N–H and O–H groups in total. The number of hydrogen-bond acceptors (Lipinski definition) is 2. The highest BCUT2D eigenvalue weighted by Crippen LogP contribution is 2.39. The van der Waals surface area contributed by atoms with E-state index in [0.29, 0.717) is 13.0 Å². The number of ether oxygens (including phenoxy) is 1. The first-order valence-electron chi connectivity index (χ1n) is 7.72. The average molecular weight is 284 g/mol. The molecule has 2 heteroatoms. The monoisotopic (exact) mass is 284 g/mol. The second kappa shape index (κ2) is 7.28. The van der Waals surface area contributed by atoms with Crippen molar-refractivity contribution < 1.29 is 9.84 Å². The molecule has 2 rings (SSSR count). The van der Waals surface area contributed by atoms with Gasteiger partial charge in [-0.2, -0.15) is 0 Å². The molecular formula is C19H24O2. The van der Waals surface area contributed by atoms with E-state index < -0.39 is 5.60 Å². The van der Waals surface area contributed by atoms with E-state index in [1.165, 1.54) is 0 Å². The zero-order valence-corrected chi connectivity index (χ0v) is 12.9. The SMILES string of the molecule is CCCOc1ccccc1C(O)(CCC)c1ccccc1. The molecule has 0 saturated heterocycles. The Bertz CT molecular complexity index is 551. The van der Waals surface area contributed by atoms with Gasteiger partial charge in [-0.15, -0.1) is 0 Å². The number of para-hydroxylation sites is 1. The molecule has 2 aromatic rings. The minimum Gasteiger partial charge on any atom is -0.493 e. The molecule has 0 aliphatic heterocycles. The van der Waals surface area contributed by atoms with Crippen LogP contribution in [0.1, 0.15) is 44.2 Å². The van der Waals surface area contributed by atoms with Gasteiger partial charge in [0.25, 0.3) is 0 Å². The summed E-state index contributed by atoms with van der Waals surface area (Å²) in [5.41, 5.74) is 0.770. The molecule has 0 spiro atoms. The van der Waals surface area contributed by atoms with Gasteiger partial charge in [0.15, 0.2) is 0 Å². The van der Waals surface area contributed by atoms with Crippen molar-refractivity contribution in [2.75, 3.05) is 6.61 Å². The fraction of sp³-hybridized carbons (Fsp3) is 0.368. The third-order valence-electron chi connectivity index (χ3n) is 3.66. The lowest BCUT2D eigenvalue weighted by atomic mass is 9.82. The molecule has 112 valence electrons. The van der Waals surface area contributed by atoms with Gasteiger partial charge in [0.05, 0.1) is 6.61 Å². The van der Waals surface area contributed by atoms with E-state index in [9.17, 15) is 5.11 Å². The lowest BCUT2D eigenvalue weighted by Gasteiger charge is -2.30. The normalized spacial score (nSPS) is 13.7. The Morgan fingerprint density at radius 1 is 0.905 bits per heavy atom. The van der Waals surface area contributed by atoms with Gasteiger partial charge >= 0.3 is 0 Å². The summed E-state index contributed by atoms with van der Waals surface area (Å²) in [6, 6.07) is 17.7. The fourth-order valence-corrected chi connectivity index (χ4v) is 2.66. The van der Waals surface area contributed by atoms with Crippen LogP contribution < -0.4 is 4.74 Å². The van der Waals surface area contributed by atoms with Crippen LogP contribution in [0.25, 0.3) is 0 Å². The van der Waals surface area contributed by atoms with Crippen LogP contribution in [0.3, 0.4) is 0 Å². The molecule has 2 nitrogen and oxygen atoms in total. The van der Waals surface area contributed by atoms with Gasteiger partial charge in [0, 0.05) is 5.56 Å². The molecule has 0 radical (unpaired) electrons. The summed E-state index contributed by atoms with van der Waals surface area (Å²) in [4.78, 5) is 0. The van der Waals surface area contributed by atoms with Crippen LogP contribution in [0.15, 0.2) is 54.6 Å². The van der Waals surface area contributed by atoms with E-state index in [4.69, 9.17) is 4.74 Å². The number of rotatable bonds is 7. The molecule has 0 heterocycles. The van der Waals surface area contributed by atoms with E-state index in [-0.39, 0.29) is 0 Å². The summed E-state index contributed by atoms with van der Waals surface area (Å²) in [5, 5.41) is 11.4. The van der Waals surface area contributed by atoms with Gasteiger partial charge in [-0.25, -0.2) is 0 Å². The summed E-state index contributed by atoms with van der Waals surface area (Å²) in [5.74, 6) is 0.777. The predicted octanol–water partition coefficient (Wildman–Crippen LogP) is 4.51. The molecule has 21 heavy (non-hydrogen) atoms. The molecule has 1 unspecified atom stereocenters. The van der Waals surface area contributed by atoms with E-state index in [0.717, 1.165) is 29.7 Å². The number of benzene rings is 2. The van der Waals surface area contributed by atoms with Crippen LogP contribution in [0.5, 0.6) is 5.75 Å². The molecule has 0 bridgehead atoms. The Hall–Kier alpha value is -1.80. The van der Waals surface area contributed by atoms with Gasteiger partial charge in [-0.05, 0) is 24.5 Å². The average Bonchev–Trinajstić information content (AvgIpc) is 2.54. The Kier molecular flexibility index (Phi) is 5.40. The van der Waals surface area contributed by atoms with Crippen LogP contribution in [-0.4, -0.2) is 11.7 Å². The van der Waals surface area contributed by atoms with Crippen LogP contribution in [0.4, 0.5) is 0 Å². The molecule has 0 aliphatic rings. The Morgan fingerprint density at radius 3 is 2.24 bits per heavy atom. The Labute approximate surface area is 127 Å². The number of hydrogen-bond donors (Lipinski definition) is 1. The summed E-state index contributed by atoms with van der Waals surface area (Å²) in [7, 11) is 0. The Balaban J connectivity index is 2.48. The summed E-state index contributed by atoms with van der Waals surface area (Å²) < 4.78 is 5.84. The molecule has 1 atom stereocenters. The van der Waals surface area contributed by atoms with E-state index in [1.807, 2.05) is 54.6 Å². The van der Waals surface area contributed by atoms with E-state index >= 15 is 0 Å². The highest BCUT2D eigenvalue weighted by molar-refractivity contribution is 5.44. The smallest absolute Gasteiger partial charge is 0.125 e. The van der Waals surface area contributed by atoms with Crippen LogP contribution >= 0.6 is 0 Å². The summed E-state index contributed by atoms with van der Waals surface area (Å²) >= 11 is 0. The molecule has 2 aromatic carbocycles. The Morgan fingerprint density at radius 2 is 1.57 bits per heavy atom. The van der Waals surface area contributed by atoms with Gasteiger partial charge in [-0.3, -0.25) is 0 Å². The van der Waals surface area contributed by atoms with Gasteiger partial charge in [0.1, 0.15) is 11.4 Å². The van der Waals surface area contributed by atoms with Crippen molar-refractivity contribution in [1.29, 1.82) is 0 Å². The predicted molar refractivity (Wildman–Crippen MR) is 86.6 cm³/mol. The van der Waals surface area contributed by atoms with Crippen molar-refractivity contribution in [2.24, 2.45) is 0 Å². The lowest BCUT2D eigenvalue weighted by Crippen LogP contribution is -2.28. The van der Waals surface area contributed by atoms with Gasteiger partial charge in [-0.1, -0.05) is 68.8 Å². The zero-order chi connectivity index (χ0) is 15.1. The van der Waals surface area contributed by atoms with Crippen molar-refractivity contribution >= 4 is 0 Å². The molecule has 0 aliphatic carbocycles. The minimum atomic E-state index is -1.000. The maximum Gasteiger partial charge on any atom is 0.125 e. The maximum absolute atomic E-state index is 11.4. The highest BCUT2D eigenvalue weighted by atomic mass is 16.5. The third kappa shape index (κ3) is 3.45. The van der Waals surface area contributed by atoms with Gasteiger partial charge in [0.2, 0.25) is 0 Å². The third-order valence-corrected chi connectivity index (χ3v) is 3.66. The molecule has 0 amide bonds. The van der Waals surface area contributed by atoms with E-state index in [1.54, 1.807) is 0 Å². The quantitative estimate of drug-likeness (QED) is 0.810. The second-order valence-corrected chi connectivity index (χ2v) is 5.32. The van der Waals surface area contributed by atoms with Crippen molar-refractivity contribution in [1.82, 2.24) is 0 Å². The first-order chi connectivity index (χ1) is 10.2. The summed E-state index contributed by atoms with van der Waals surface area (Å²) in [6.45, 7) is 4.83. The fourth-order valence-electron chi connectivity index (χ4n) is 2.66. The van der Waals surface area contributed by atoms with E-state index in [2.05, 4.69) is 13.8 Å². The van der Waals surface area contributed by atoms with Crippen molar-refractivity contribution in [3.63, 3.8) is 0 Å². The standard InChI is InChI=1S/C19H24O2/c1-3-14-19(20,16-10-6-5-7-11-16)17-12-8-9-13-18(17)21-15-4-2/h5-13,20H,3-4,14-15H2,1-2H3. The van der Waals surface area contributed by atoms with Crippen LogP contribution in [0.2, 0.25) is 0 Å². The zero-order valence-electron chi connectivity index (χ0n) is 12.9. The first kappa shape index (κ1) is 15.6. The second-order valence-electron chi connectivity index (χ2n) is 5.32.